The van der Waals surface area contributed by atoms with E-state index in [-0.39, 0.29) is 12.2 Å². The smallest absolute Gasteiger partial charge is 0.273 e. The fraction of sp³-hybridized carbons (Fsp3) is 0.364. The molecule has 0 unspecified atom stereocenters. The van der Waals surface area contributed by atoms with Crippen LogP contribution < -0.4 is 5.48 Å². The third-order valence-electron chi connectivity index (χ3n) is 1.91. The number of nitrogens with one attached hydrogen (secondary N) is 1. The Morgan fingerprint density at radius 1 is 1.25 bits per heavy atom. The summed E-state index contributed by atoms with van der Waals surface area (Å²) in [5.41, 5.74) is 1.64. The topological polar surface area (TPSA) is 38.3 Å². The molecule has 0 aromatic heterocycles. The van der Waals surface area contributed by atoms with E-state index in [1.807, 2.05) is 0 Å². The quantitative estimate of drug-likeness (QED) is 0.498. The number of rotatable bonds is 6. The highest BCUT2D eigenvalue weighted by molar-refractivity contribution is 7.99. The molecule has 0 aliphatic carbocycles. The molecule has 0 spiro atoms. The lowest BCUT2D eigenvalue weighted by Crippen LogP contribution is -2.29. The van der Waals surface area contributed by atoms with Crippen LogP contribution in [0.1, 0.15) is 6.42 Å². The number of thioether (sulfide) groups is 1. The van der Waals surface area contributed by atoms with E-state index in [9.17, 15) is 26.7 Å². The number of benzene rings is 1. The molecule has 0 bridgehead atoms. The number of halogens is 5. The summed E-state index contributed by atoms with van der Waals surface area (Å²) in [4.78, 5) is 15.5. The Labute approximate surface area is 115 Å². The second-order valence-corrected chi connectivity index (χ2v) is 4.77. The van der Waals surface area contributed by atoms with Crippen molar-refractivity contribution in [2.75, 3.05) is 12.4 Å². The van der Waals surface area contributed by atoms with Crippen LogP contribution in [-0.2, 0) is 9.63 Å². The number of carbonyl (C=O) groups excluding carboxylic acids is 1. The SMILES string of the molecule is O=C(CCSc1ccc(F)c(F)c1)NOCC(F)(F)F. The van der Waals surface area contributed by atoms with E-state index in [4.69, 9.17) is 0 Å². The van der Waals surface area contributed by atoms with Crippen LogP contribution in [0, 0.1) is 11.6 Å². The third-order valence-corrected chi connectivity index (χ3v) is 2.91. The van der Waals surface area contributed by atoms with Gasteiger partial charge in [0.05, 0.1) is 0 Å². The molecule has 1 N–H and O–H groups in total. The molecular formula is C11H10F5NO2S. The second kappa shape index (κ2) is 7.44. The summed E-state index contributed by atoms with van der Waals surface area (Å²) in [6.07, 6.45) is -4.64. The first-order chi connectivity index (χ1) is 9.28. The molecule has 3 nitrogen and oxygen atoms in total. The third kappa shape index (κ3) is 6.71. The Morgan fingerprint density at radius 2 is 1.95 bits per heavy atom. The molecule has 0 aliphatic rings. The highest BCUT2D eigenvalue weighted by atomic mass is 32.2. The van der Waals surface area contributed by atoms with E-state index in [0.29, 0.717) is 4.90 Å². The van der Waals surface area contributed by atoms with Crippen LogP contribution in [0.5, 0.6) is 0 Å². The molecule has 9 heteroatoms. The van der Waals surface area contributed by atoms with Crippen LogP contribution in [0.2, 0.25) is 0 Å². The molecule has 0 saturated heterocycles. The van der Waals surface area contributed by atoms with Crippen LogP contribution in [0.15, 0.2) is 23.1 Å². The van der Waals surface area contributed by atoms with Crippen molar-refractivity contribution in [3.8, 4) is 0 Å². The fourth-order valence-corrected chi connectivity index (χ4v) is 1.95. The Hall–Kier alpha value is -1.35. The van der Waals surface area contributed by atoms with Gasteiger partial charge in [-0.1, -0.05) is 0 Å². The number of hydrogen-bond acceptors (Lipinski definition) is 3. The molecule has 1 aromatic carbocycles. The van der Waals surface area contributed by atoms with Gasteiger partial charge in [0.25, 0.3) is 0 Å². The first kappa shape index (κ1) is 16.7. The van der Waals surface area contributed by atoms with Crippen LogP contribution in [0.3, 0.4) is 0 Å². The van der Waals surface area contributed by atoms with Gasteiger partial charge in [0.15, 0.2) is 18.2 Å². The second-order valence-electron chi connectivity index (χ2n) is 3.60. The molecule has 1 rings (SSSR count). The van der Waals surface area contributed by atoms with Gasteiger partial charge in [0, 0.05) is 17.1 Å². The highest BCUT2D eigenvalue weighted by Gasteiger charge is 2.28. The zero-order valence-corrected chi connectivity index (χ0v) is 10.8. The minimum absolute atomic E-state index is 0.123. The minimum Gasteiger partial charge on any atom is -0.273 e. The van der Waals surface area contributed by atoms with E-state index in [1.165, 1.54) is 6.07 Å². The summed E-state index contributed by atoms with van der Waals surface area (Å²) in [5, 5.41) is 0. The van der Waals surface area contributed by atoms with Gasteiger partial charge in [-0.2, -0.15) is 13.2 Å². The largest absolute Gasteiger partial charge is 0.414 e. The van der Waals surface area contributed by atoms with Gasteiger partial charge in [-0.25, -0.2) is 14.3 Å². The van der Waals surface area contributed by atoms with Gasteiger partial charge >= 0.3 is 6.18 Å². The Morgan fingerprint density at radius 3 is 2.55 bits per heavy atom. The highest BCUT2D eigenvalue weighted by Crippen LogP contribution is 2.21. The molecule has 112 valence electrons. The van der Waals surface area contributed by atoms with Crippen molar-refractivity contribution in [3.05, 3.63) is 29.8 Å². The molecule has 0 radical (unpaired) electrons. The fourth-order valence-electron chi connectivity index (χ4n) is 1.08. The van der Waals surface area contributed by atoms with E-state index >= 15 is 0 Å². The van der Waals surface area contributed by atoms with E-state index in [2.05, 4.69) is 4.84 Å². The molecule has 0 heterocycles. The summed E-state index contributed by atoms with van der Waals surface area (Å²) in [5.74, 6) is -2.53. The summed E-state index contributed by atoms with van der Waals surface area (Å²) in [6, 6.07) is 3.25. The lowest BCUT2D eigenvalue weighted by atomic mass is 10.3. The average molecular weight is 315 g/mol. The van der Waals surface area contributed by atoms with Crippen molar-refractivity contribution < 1.29 is 31.6 Å². The number of alkyl halides is 3. The van der Waals surface area contributed by atoms with Crippen LogP contribution in [0.4, 0.5) is 22.0 Å². The van der Waals surface area contributed by atoms with Crippen LogP contribution >= 0.6 is 11.8 Å². The summed E-state index contributed by atoms with van der Waals surface area (Å²) >= 11 is 1.07. The van der Waals surface area contributed by atoms with Gasteiger partial charge in [-0.3, -0.25) is 9.63 Å². The normalized spacial score (nSPS) is 11.4. The molecular weight excluding hydrogens is 305 g/mol. The first-order valence-electron chi connectivity index (χ1n) is 5.33. The zero-order chi connectivity index (χ0) is 15.2. The zero-order valence-electron chi connectivity index (χ0n) is 9.97. The summed E-state index contributed by atoms with van der Waals surface area (Å²) < 4.78 is 60.6. The molecule has 20 heavy (non-hydrogen) atoms. The van der Waals surface area contributed by atoms with E-state index < -0.39 is 30.3 Å². The lowest BCUT2D eigenvalue weighted by Gasteiger charge is -2.08. The van der Waals surface area contributed by atoms with Crippen molar-refractivity contribution in [1.29, 1.82) is 0 Å². The van der Waals surface area contributed by atoms with Gasteiger partial charge < -0.3 is 0 Å². The predicted octanol–water partition coefficient (Wildman–Crippen LogP) is 3.06. The molecule has 1 aromatic rings. The number of amides is 1. The molecule has 0 saturated carbocycles. The van der Waals surface area contributed by atoms with Gasteiger partial charge in [-0.15, -0.1) is 11.8 Å². The maximum absolute atomic E-state index is 12.8. The predicted molar refractivity (Wildman–Crippen MR) is 61.8 cm³/mol. The van der Waals surface area contributed by atoms with Crippen molar-refractivity contribution in [2.45, 2.75) is 17.5 Å². The van der Waals surface area contributed by atoms with Crippen molar-refractivity contribution in [3.63, 3.8) is 0 Å². The van der Waals surface area contributed by atoms with Crippen molar-refractivity contribution >= 4 is 17.7 Å². The molecule has 0 aliphatic heterocycles. The lowest BCUT2D eigenvalue weighted by molar-refractivity contribution is -0.191. The van der Waals surface area contributed by atoms with Gasteiger partial charge in [-0.05, 0) is 18.2 Å². The molecule has 1 amide bonds. The van der Waals surface area contributed by atoms with Gasteiger partial charge in [0.2, 0.25) is 5.91 Å². The number of hydroxylamine groups is 1. The first-order valence-corrected chi connectivity index (χ1v) is 6.32. The van der Waals surface area contributed by atoms with Crippen LogP contribution in [-0.4, -0.2) is 24.4 Å². The Kier molecular flexibility index (Phi) is 6.21. The van der Waals surface area contributed by atoms with Gasteiger partial charge in [0.1, 0.15) is 0 Å². The Balaban J connectivity index is 2.23. The summed E-state index contributed by atoms with van der Waals surface area (Å²) in [6.45, 7) is -1.57. The van der Waals surface area contributed by atoms with Crippen molar-refractivity contribution in [1.82, 2.24) is 5.48 Å². The maximum atomic E-state index is 12.8. The van der Waals surface area contributed by atoms with E-state index in [1.54, 1.807) is 5.48 Å². The standard InChI is InChI=1S/C11H10F5NO2S/c12-8-2-1-7(5-9(8)13)20-4-3-10(18)17-19-6-11(14,15)16/h1-2,5H,3-4,6H2,(H,17,18). The van der Waals surface area contributed by atoms with E-state index in [0.717, 1.165) is 23.9 Å². The average Bonchev–Trinajstić information content (AvgIpc) is 2.32. The monoisotopic (exact) mass is 315 g/mol. The maximum Gasteiger partial charge on any atom is 0.414 e. The molecule has 0 fully saturated rings. The van der Waals surface area contributed by atoms with Crippen LogP contribution in [0.25, 0.3) is 0 Å². The number of carbonyl (C=O) groups is 1. The van der Waals surface area contributed by atoms with Crippen molar-refractivity contribution in [2.24, 2.45) is 0 Å². The summed E-state index contributed by atoms with van der Waals surface area (Å²) in [7, 11) is 0. The number of hydrogen-bond donors (Lipinski definition) is 1. The molecule has 0 atom stereocenters. The Bertz CT molecular complexity index is 467. The minimum atomic E-state index is -4.52.